The monoisotopic (exact) mass is 290 g/mol. The van der Waals surface area contributed by atoms with Gasteiger partial charge in [0.05, 0.1) is 14.2 Å². The fourth-order valence-corrected chi connectivity index (χ4v) is 2.35. The van der Waals surface area contributed by atoms with E-state index in [4.69, 9.17) is 23.2 Å². The zero-order valence-electron chi connectivity index (χ0n) is 10.1. The van der Waals surface area contributed by atoms with E-state index in [9.17, 15) is 9.59 Å². The summed E-state index contributed by atoms with van der Waals surface area (Å²) >= 11 is 11.9. The van der Waals surface area contributed by atoms with Crippen LogP contribution in [0.2, 0.25) is 10.0 Å². The summed E-state index contributed by atoms with van der Waals surface area (Å²) in [6, 6.07) is 3.08. The van der Waals surface area contributed by atoms with Gasteiger partial charge in [-0.05, 0) is 30.2 Å². The van der Waals surface area contributed by atoms with E-state index in [2.05, 4.69) is 9.47 Å². The highest BCUT2D eigenvalue weighted by molar-refractivity contribution is 6.35. The molecule has 0 unspecified atom stereocenters. The highest BCUT2D eigenvalue weighted by Crippen LogP contribution is 2.32. The van der Waals surface area contributed by atoms with E-state index in [-0.39, 0.29) is 5.02 Å². The minimum Gasteiger partial charge on any atom is -0.468 e. The fourth-order valence-electron chi connectivity index (χ4n) is 1.65. The van der Waals surface area contributed by atoms with Crippen molar-refractivity contribution in [3.63, 3.8) is 0 Å². The molecule has 0 saturated heterocycles. The van der Waals surface area contributed by atoms with E-state index in [1.165, 1.54) is 20.3 Å². The Hall–Kier alpha value is -1.26. The second-order valence-electron chi connectivity index (χ2n) is 3.60. The normalized spacial score (nSPS) is 10.3. The summed E-state index contributed by atoms with van der Waals surface area (Å²) in [7, 11) is 2.38. The zero-order valence-corrected chi connectivity index (χ0v) is 11.6. The van der Waals surface area contributed by atoms with Crippen molar-refractivity contribution in [2.24, 2.45) is 0 Å². The maximum Gasteiger partial charge on any atom is 0.324 e. The van der Waals surface area contributed by atoms with Gasteiger partial charge in [0.1, 0.15) is 0 Å². The van der Waals surface area contributed by atoms with Crippen molar-refractivity contribution in [2.75, 3.05) is 14.2 Å². The number of rotatable bonds is 3. The molecule has 0 aliphatic rings. The number of carbonyl (C=O) groups excluding carboxylic acids is 2. The predicted octanol–water partition coefficient (Wildman–Crippen LogP) is 2.73. The molecule has 98 valence electrons. The average molecular weight is 291 g/mol. The number of halogens is 2. The summed E-state index contributed by atoms with van der Waals surface area (Å²) < 4.78 is 9.20. The smallest absolute Gasteiger partial charge is 0.324 e. The van der Waals surface area contributed by atoms with Crippen molar-refractivity contribution < 1.29 is 19.1 Å². The molecule has 4 nitrogen and oxygen atoms in total. The molecule has 0 bridgehead atoms. The van der Waals surface area contributed by atoms with Crippen LogP contribution in [0.4, 0.5) is 0 Å². The van der Waals surface area contributed by atoms with Crippen LogP contribution < -0.4 is 0 Å². The van der Waals surface area contributed by atoms with E-state index >= 15 is 0 Å². The third kappa shape index (κ3) is 2.94. The largest absolute Gasteiger partial charge is 0.468 e. The third-order valence-electron chi connectivity index (χ3n) is 2.46. The molecule has 0 atom stereocenters. The van der Waals surface area contributed by atoms with Gasteiger partial charge in [0.2, 0.25) is 0 Å². The Morgan fingerprint density at radius 3 is 2.00 bits per heavy atom. The van der Waals surface area contributed by atoms with Crippen molar-refractivity contribution in [1.82, 2.24) is 0 Å². The van der Waals surface area contributed by atoms with Crippen LogP contribution >= 0.6 is 23.2 Å². The van der Waals surface area contributed by atoms with Crippen LogP contribution in [-0.2, 0) is 19.1 Å². The van der Waals surface area contributed by atoms with Crippen molar-refractivity contribution in [3.8, 4) is 0 Å². The summed E-state index contributed by atoms with van der Waals surface area (Å²) in [5, 5.41) is 0.649. The van der Waals surface area contributed by atoms with E-state index in [0.29, 0.717) is 16.1 Å². The molecule has 1 aromatic rings. The maximum absolute atomic E-state index is 11.7. The lowest BCUT2D eigenvalue weighted by Crippen LogP contribution is -2.25. The maximum atomic E-state index is 11.7. The summed E-state index contributed by atoms with van der Waals surface area (Å²) in [5.41, 5.74) is 0.966. The van der Waals surface area contributed by atoms with Crippen LogP contribution in [0.15, 0.2) is 12.1 Å². The molecule has 0 saturated carbocycles. The lowest BCUT2D eigenvalue weighted by atomic mass is 9.94. The Labute approximate surface area is 115 Å². The Balaban J connectivity index is 3.38. The Bertz CT molecular complexity index is 446. The minimum atomic E-state index is -1.20. The Kier molecular flexibility index (Phi) is 4.99. The van der Waals surface area contributed by atoms with Crippen LogP contribution in [0.1, 0.15) is 17.0 Å². The van der Waals surface area contributed by atoms with E-state index in [0.717, 1.165) is 0 Å². The van der Waals surface area contributed by atoms with Crippen molar-refractivity contribution in [2.45, 2.75) is 12.8 Å². The van der Waals surface area contributed by atoms with Crippen molar-refractivity contribution >= 4 is 35.1 Å². The standard InChI is InChI=1S/C12H12Cl2O4/c1-6-4-7(13)5-8(14)9(6)10(11(15)17-2)12(16)18-3/h4-5,10H,1-3H3. The molecule has 0 heterocycles. The number of esters is 2. The van der Waals surface area contributed by atoms with Gasteiger partial charge in [0.25, 0.3) is 0 Å². The number of hydrogen-bond acceptors (Lipinski definition) is 4. The first-order valence-corrected chi connectivity index (χ1v) is 5.79. The summed E-state index contributed by atoms with van der Waals surface area (Å²) in [6.45, 7) is 1.70. The van der Waals surface area contributed by atoms with Crippen LogP contribution in [0, 0.1) is 6.92 Å². The molecule has 6 heteroatoms. The molecule has 0 aliphatic heterocycles. The number of hydrogen-bond donors (Lipinski definition) is 0. The molecule has 0 fully saturated rings. The summed E-state index contributed by atoms with van der Waals surface area (Å²) in [5.74, 6) is -2.66. The Morgan fingerprint density at radius 1 is 1.11 bits per heavy atom. The SMILES string of the molecule is COC(=O)C(C(=O)OC)c1c(C)cc(Cl)cc1Cl. The molecule has 0 aliphatic carbocycles. The average Bonchev–Trinajstić information content (AvgIpc) is 2.31. The van der Waals surface area contributed by atoms with Gasteiger partial charge < -0.3 is 9.47 Å². The lowest BCUT2D eigenvalue weighted by Gasteiger charge is -2.16. The molecular weight excluding hydrogens is 279 g/mol. The van der Waals surface area contributed by atoms with Gasteiger partial charge in [0.15, 0.2) is 5.92 Å². The highest BCUT2D eigenvalue weighted by Gasteiger charge is 2.33. The first-order chi connectivity index (χ1) is 8.42. The van der Waals surface area contributed by atoms with Gasteiger partial charge in [-0.1, -0.05) is 23.2 Å². The van der Waals surface area contributed by atoms with Crippen molar-refractivity contribution in [1.29, 1.82) is 0 Å². The lowest BCUT2D eigenvalue weighted by molar-refractivity contribution is -0.154. The summed E-state index contributed by atoms with van der Waals surface area (Å²) in [4.78, 5) is 23.4. The van der Waals surface area contributed by atoms with Crippen LogP contribution in [0.25, 0.3) is 0 Å². The molecule has 1 aromatic carbocycles. The van der Waals surface area contributed by atoms with Gasteiger partial charge in [-0.3, -0.25) is 9.59 Å². The highest BCUT2D eigenvalue weighted by atomic mass is 35.5. The Morgan fingerprint density at radius 2 is 1.61 bits per heavy atom. The number of ether oxygens (including phenoxy) is 2. The van der Waals surface area contributed by atoms with E-state index in [1.807, 2.05) is 0 Å². The van der Waals surface area contributed by atoms with E-state index in [1.54, 1.807) is 13.0 Å². The quantitative estimate of drug-likeness (QED) is 0.634. The molecule has 0 spiro atoms. The minimum absolute atomic E-state index is 0.223. The fraction of sp³-hybridized carbons (Fsp3) is 0.333. The first kappa shape index (κ1) is 14.8. The van der Waals surface area contributed by atoms with Crippen molar-refractivity contribution in [3.05, 3.63) is 33.3 Å². The molecule has 0 amide bonds. The van der Waals surface area contributed by atoms with Crippen LogP contribution in [0.5, 0.6) is 0 Å². The molecule has 0 aromatic heterocycles. The van der Waals surface area contributed by atoms with Gasteiger partial charge in [0, 0.05) is 10.0 Å². The molecule has 18 heavy (non-hydrogen) atoms. The number of benzene rings is 1. The number of methoxy groups -OCH3 is 2. The van der Waals surface area contributed by atoms with Crippen LogP contribution in [0.3, 0.4) is 0 Å². The molecule has 0 radical (unpaired) electrons. The van der Waals surface area contributed by atoms with Gasteiger partial charge in [-0.25, -0.2) is 0 Å². The first-order valence-electron chi connectivity index (χ1n) is 5.03. The third-order valence-corrected chi connectivity index (χ3v) is 2.99. The van der Waals surface area contributed by atoms with Gasteiger partial charge >= 0.3 is 11.9 Å². The number of carbonyl (C=O) groups is 2. The second kappa shape index (κ2) is 6.07. The molecule has 0 N–H and O–H groups in total. The van der Waals surface area contributed by atoms with E-state index < -0.39 is 17.9 Å². The van der Waals surface area contributed by atoms with Gasteiger partial charge in [-0.15, -0.1) is 0 Å². The molecular formula is C12H12Cl2O4. The topological polar surface area (TPSA) is 52.6 Å². The van der Waals surface area contributed by atoms with Gasteiger partial charge in [-0.2, -0.15) is 0 Å². The second-order valence-corrected chi connectivity index (χ2v) is 4.44. The molecule has 1 rings (SSSR count). The van der Waals surface area contributed by atoms with Crippen LogP contribution in [-0.4, -0.2) is 26.2 Å². The zero-order chi connectivity index (χ0) is 13.9. The summed E-state index contributed by atoms with van der Waals surface area (Å²) in [6.07, 6.45) is 0. The predicted molar refractivity (Wildman–Crippen MR) is 68.0 cm³/mol. The number of aryl methyl sites for hydroxylation is 1.